The van der Waals surface area contributed by atoms with Crippen LogP contribution in [0.2, 0.25) is 5.02 Å². The lowest BCUT2D eigenvalue weighted by atomic mass is 10.1. The van der Waals surface area contributed by atoms with E-state index in [-0.39, 0.29) is 17.6 Å². The number of halogens is 1. The van der Waals surface area contributed by atoms with Crippen molar-refractivity contribution >= 4 is 27.3 Å². The standard InChI is InChI=1S/C15H18ClNO3S/c16-13-4-2-1-3-12(13)14-7-8-17(9-10-21(14,19)20)15(18)11-5-6-11/h1-4,11,14H,5-10H2. The molecule has 114 valence electrons. The van der Waals surface area contributed by atoms with Gasteiger partial charge in [0.05, 0.1) is 11.0 Å². The first-order valence-corrected chi connectivity index (χ1v) is 9.33. The lowest BCUT2D eigenvalue weighted by molar-refractivity contribution is -0.132. The molecular weight excluding hydrogens is 310 g/mol. The van der Waals surface area contributed by atoms with Gasteiger partial charge in [-0.2, -0.15) is 0 Å². The average Bonchev–Trinajstić information content (AvgIpc) is 3.27. The molecule has 0 aromatic heterocycles. The molecule has 1 atom stereocenters. The van der Waals surface area contributed by atoms with Crippen molar-refractivity contribution < 1.29 is 13.2 Å². The van der Waals surface area contributed by atoms with Gasteiger partial charge in [-0.25, -0.2) is 8.42 Å². The Morgan fingerprint density at radius 3 is 2.52 bits per heavy atom. The van der Waals surface area contributed by atoms with Crippen LogP contribution in [-0.4, -0.2) is 38.1 Å². The maximum Gasteiger partial charge on any atom is 0.225 e. The van der Waals surface area contributed by atoms with Gasteiger partial charge in [-0.1, -0.05) is 29.8 Å². The SMILES string of the molecule is O=C(C1CC1)N1CCC(c2ccccc2Cl)S(=O)(=O)CC1. The zero-order valence-electron chi connectivity index (χ0n) is 11.7. The fourth-order valence-electron chi connectivity index (χ4n) is 2.84. The fourth-order valence-corrected chi connectivity index (χ4v) is 4.99. The summed E-state index contributed by atoms with van der Waals surface area (Å²) >= 11 is 6.15. The minimum Gasteiger partial charge on any atom is -0.341 e. The van der Waals surface area contributed by atoms with Crippen molar-refractivity contribution in [2.45, 2.75) is 24.5 Å². The normalized spacial score (nSPS) is 25.4. The van der Waals surface area contributed by atoms with Crippen molar-refractivity contribution in [1.29, 1.82) is 0 Å². The van der Waals surface area contributed by atoms with Gasteiger partial charge in [0.25, 0.3) is 0 Å². The largest absolute Gasteiger partial charge is 0.341 e. The number of nitrogens with zero attached hydrogens (tertiary/aromatic N) is 1. The van der Waals surface area contributed by atoms with Crippen molar-refractivity contribution in [1.82, 2.24) is 4.90 Å². The smallest absolute Gasteiger partial charge is 0.225 e. The number of benzene rings is 1. The Kier molecular flexibility index (Phi) is 3.97. The van der Waals surface area contributed by atoms with E-state index >= 15 is 0 Å². The van der Waals surface area contributed by atoms with Crippen molar-refractivity contribution in [2.24, 2.45) is 5.92 Å². The first-order chi connectivity index (χ1) is 9.99. The lowest BCUT2D eigenvalue weighted by Gasteiger charge is -2.20. The summed E-state index contributed by atoms with van der Waals surface area (Å²) in [7, 11) is -3.29. The van der Waals surface area contributed by atoms with Gasteiger partial charge >= 0.3 is 0 Å². The van der Waals surface area contributed by atoms with Crippen LogP contribution in [0.3, 0.4) is 0 Å². The van der Waals surface area contributed by atoms with Gasteiger partial charge in [-0.3, -0.25) is 4.79 Å². The van der Waals surface area contributed by atoms with Gasteiger partial charge in [0.15, 0.2) is 9.84 Å². The molecule has 1 aromatic rings. The molecule has 1 aliphatic carbocycles. The van der Waals surface area contributed by atoms with Crippen LogP contribution in [0.1, 0.15) is 30.1 Å². The summed E-state index contributed by atoms with van der Waals surface area (Å²) < 4.78 is 25.0. The quantitative estimate of drug-likeness (QED) is 0.838. The number of sulfone groups is 1. The van der Waals surface area contributed by atoms with Crippen LogP contribution in [-0.2, 0) is 14.6 Å². The van der Waals surface area contributed by atoms with Crippen molar-refractivity contribution in [2.75, 3.05) is 18.8 Å². The van der Waals surface area contributed by atoms with E-state index in [4.69, 9.17) is 11.6 Å². The van der Waals surface area contributed by atoms with Crippen molar-refractivity contribution in [3.8, 4) is 0 Å². The predicted octanol–water partition coefficient (Wildman–Crippen LogP) is 2.44. The van der Waals surface area contributed by atoms with Gasteiger partial charge in [-0.05, 0) is 30.9 Å². The second-order valence-corrected chi connectivity index (χ2v) is 8.48. The summed E-state index contributed by atoms with van der Waals surface area (Å²) in [6.45, 7) is 0.795. The van der Waals surface area contributed by atoms with Crippen LogP contribution in [0.25, 0.3) is 0 Å². The van der Waals surface area contributed by atoms with E-state index in [1.807, 2.05) is 0 Å². The zero-order chi connectivity index (χ0) is 15.0. The minimum atomic E-state index is -3.29. The van der Waals surface area contributed by atoms with Crippen LogP contribution < -0.4 is 0 Å². The van der Waals surface area contributed by atoms with Gasteiger partial charge in [0.1, 0.15) is 0 Å². The second kappa shape index (κ2) is 5.61. The number of amides is 1. The van der Waals surface area contributed by atoms with Crippen LogP contribution in [0.15, 0.2) is 24.3 Å². The van der Waals surface area contributed by atoms with Crippen LogP contribution in [0.5, 0.6) is 0 Å². The van der Waals surface area contributed by atoms with Crippen molar-refractivity contribution in [3.63, 3.8) is 0 Å². The molecule has 0 radical (unpaired) electrons. The Balaban J connectivity index is 1.84. The molecule has 6 heteroatoms. The molecule has 1 unspecified atom stereocenters. The summed E-state index contributed by atoms with van der Waals surface area (Å²) in [5, 5.41) is -0.128. The highest BCUT2D eigenvalue weighted by Gasteiger charge is 2.38. The fraction of sp³-hybridized carbons (Fsp3) is 0.533. The van der Waals surface area contributed by atoms with Gasteiger partial charge < -0.3 is 4.90 Å². The molecule has 3 rings (SSSR count). The minimum absolute atomic E-state index is 0.0152. The Bertz CT molecular complexity index is 655. The third-order valence-electron chi connectivity index (χ3n) is 4.23. The van der Waals surface area contributed by atoms with Crippen LogP contribution in [0, 0.1) is 5.92 Å². The van der Waals surface area contributed by atoms with Gasteiger partial charge in [0.2, 0.25) is 5.91 Å². The molecule has 21 heavy (non-hydrogen) atoms. The third-order valence-corrected chi connectivity index (χ3v) is 6.68. The molecule has 0 N–H and O–H groups in total. The molecule has 0 bridgehead atoms. The predicted molar refractivity (Wildman–Crippen MR) is 81.9 cm³/mol. The van der Waals surface area contributed by atoms with Gasteiger partial charge in [-0.15, -0.1) is 0 Å². The first kappa shape index (κ1) is 14.9. The highest BCUT2D eigenvalue weighted by Crippen LogP contribution is 2.36. The number of hydrogen-bond acceptors (Lipinski definition) is 3. The van der Waals surface area contributed by atoms with E-state index in [2.05, 4.69) is 0 Å². The molecule has 2 aliphatic rings. The molecule has 1 heterocycles. The molecule has 4 nitrogen and oxygen atoms in total. The number of hydrogen-bond donors (Lipinski definition) is 0. The molecular formula is C15H18ClNO3S. The molecule has 0 spiro atoms. The Morgan fingerprint density at radius 1 is 1.14 bits per heavy atom. The molecule has 1 amide bonds. The third kappa shape index (κ3) is 3.09. The van der Waals surface area contributed by atoms with E-state index < -0.39 is 15.1 Å². The van der Waals surface area contributed by atoms with Crippen LogP contribution in [0.4, 0.5) is 0 Å². The molecule has 1 saturated heterocycles. The summed E-state index contributed by atoms with van der Waals surface area (Å²) in [6.07, 6.45) is 2.30. The maximum absolute atomic E-state index is 12.5. The topological polar surface area (TPSA) is 54.5 Å². The Morgan fingerprint density at radius 2 is 1.86 bits per heavy atom. The van der Waals surface area contributed by atoms with E-state index in [0.29, 0.717) is 30.1 Å². The Labute approximate surface area is 130 Å². The summed E-state index contributed by atoms with van der Waals surface area (Å²) in [5.74, 6) is 0.260. The molecule has 1 saturated carbocycles. The van der Waals surface area contributed by atoms with E-state index in [1.165, 1.54) is 0 Å². The summed E-state index contributed by atoms with van der Waals surface area (Å²) in [6, 6.07) is 7.07. The number of rotatable bonds is 2. The van der Waals surface area contributed by atoms with Crippen LogP contribution >= 0.6 is 11.6 Å². The summed E-state index contributed by atoms with van der Waals surface area (Å²) in [4.78, 5) is 13.9. The van der Waals surface area contributed by atoms with E-state index in [1.54, 1.807) is 29.2 Å². The zero-order valence-corrected chi connectivity index (χ0v) is 13.2. The van der Waals surface area contributed by atoms with E-state index in [9.17, 15) is 13.2 Å². The molecule has 2 fully saturated rings. The number of carbonyl (C=O) groups excluding carboxylic acids is 1. The van der Waals surface area contributed by atoms with Gasteiger partial charge in [0, 0.05) is 24.0 Å². The maximum atomic E-state index is 12.5. The highest BCUT2D eigenvalue weighted by molar-refractivity contribution is 7.91. The Hall–Kier alpha value is -1.07. The lowest BCUT2D eigenvalue weighted by Crippen LogP contribution is -2.34. The molecule has 1 aliphatic heterocycles. The monoisotopic (exact) mass is 327 g/mol. The summed E-state index contributed by atoms with van der Waals surface area (Å²) in [5.41, 5.74) is 0.653. The van der Waals surface area contributed by atoms with Crippen molar-refractivity contribution in [3.05, 3.63) is 34.9 Å². The highest BCUT2D eigenvalue weighted by atomic mass is 35.5. The second-order valence-electron chi connectivity index (χ2n) is 5.77. The average molecular weight is 328 g/mol. The van der Waals surface area contributed by atoms with E-state index in [0.717, 1.165) is 12.8 Å². The first-order valence-electron chi connectivity index (χ1n) is 7.24. The molecule has 1 aromatic carbocycles. The number of carbonyl (C=O) groups is 1.